The monoisotopic (exact) mass is 290 g/mol. The topological polar surface area (TPSA) is 46.3 Å². The Labute approximate surface area is 124 Å². The average Bonchev–Trinajstić information content (AvgIpc) is 2.33. The molecule has 4 heteroatoms. The first-order chi connectivity index (χ1) is 8.56. The summed E-state index contributed by atoms with van der Waals surface area (Å²) in [6.07, 6.45) is 7.65. The summed E-state index contributed by atoms with van der Waals surface area (Å²) in [5.74, 6) is 0.522. The molecular formula is C15H31ClN2O. The Morgan fingerprint density at radius 1 is 1.32 bits per heavy atom. The van der Waals surface area contributed by atoms with Crippen molar-refractivity contribution in [1.82, 2.24) is 4.90 Å². The first-order valence-corrected chi connectivity index (χ1v) is 7.62. The van der Waals surface area contributed by atoms with E-state index in [9.17, 15) is 4.79 Å². The Kier molecular flexibility index (Phi) is 9.46. The van der Waals surface area contributed by atoms with Crippen molar-refractivity contribution < 1.29 is 4.79 Å². The highest BCUT2D eigenvalue weighted by Crippen LogP contribution is 2.25. The van der Waals surface area contributed by atoms with Gasteiger partial charge in [0.25, 0.3) is 0 Å². The van der Waals surface area contributed by atoms with Gasteiger partial charge in [0.05, 0.1) is 0 Å². The second-order valence-corrected chi connectivity index (χ2v) is 5.96. The van der Waals surface area contributed by atoms with Crippen LogP contribution in [0.3, 0.4) is 0 Å². The van der Waals surface area contributed by atoms with Crippen LogP contribution in [-0.2, 0) is 4.79 Å². The van der Waals surface area contributed by atoms with E-state index in [2.05, 4.69) is 25.7 Å². The minimum absolute atomic E-state index is 0. The van der Waals surface area contributed by atoms with Crippen LogP contribution in [-0.4, -0.2) is 29.4 Å². The maximum absolute atomic E-state index is 12.5. The first-order valence-electron chi connectivity index (χ1n) is 7.62. The van der Waals surface area contributed by atoms with Gasteiger partial charge >= 0.3 is 0 Å². The summed E-state index contributed by atoms with van der Waals surface area (Å²) in [4.78, 5) is 14.6. The Morgan fingerprint density at radius 3 is 2.53 bits per heavy atom. The molecule has 1 aliphatic carbocycles. The zero-order valence-corrected chi connectivity index (χ0v) is 13.5. The third kappa shape index (κ3) is 6.13. The largest absolute Gasteiger partial charge is 0.340 e. The SMILES string of the molecule is CCCCCN(C(=O)C1CCCC(N)C1)C(C)C.Cl. The van der Waals surface area contributed by atoms with Crippen molar-refractivity contribution in [3.63, 3.8) is 0 Å². The highest BCUT2D eigenvalue weighted by molar-refractivity contribution is 5.85. The van der Waals surface area contributed by atoms with E-state index in [1.54, 1.807) is 0 Å². The molecule has 0 spiro atoms. The van der Waals surface area contributed by atoms with Gasteiger partial charge in [-0.15, -0.1) is 12.4 Å². The maximum Gasteiger partial charge on any atom is 0.225 e. The van der Waals surface area contributed by atoms with Gasteiger partial charge in [-0.05, 0) is 39.5 Å². The van der Waals surface area contributed by atoms with E-state index in [1.165, 1.54) is 12.8 Å². The summed E-state index contributed by atoms with van der Waals surface area (Å²) >= 11 is 0. The second kappa shape index (κ2) is 9.60. The summed E-state index contributed by atoms with van der Waals surface area (Å²) in [5, 5.41) is 0. The van der Waals surface area contributed by atoms with Crippen molar-refractivity contribution in [2.75, 3.05) is 6.54 Å². The van der Waals surface area contributed by atoms with Crippen molar-refractivity contribution in [3.05, 3.63) is 0 Å². The summed E-state index contributed by atoms with van der Waals surface area (Å²) < 4.78 is 0. The molecule has 1 rings (SSSR count). The molecule has 0 heterocycles. The fourth-order valence-electron chi connectivity index (χ4n) is 2.84. The van der Waals surface area contributed by atoms with Crippen molar-refractivity contribution in [2.45, 2.75) is 77.8 Å². The zero-order valence-electron chi connectivity index (χ0n) is 12.7. The molecule has 2 atom stereocenters. The van der Waals surface area contributed by atoms with Gasteiger partial charge in [0.2, 0.25) is 5.91 Å². The molecule has 1 saturated carbocycles. The predicted molar refractivity (Wildman–Crippen MR) is 83.6 cm³/mol. The van der Waals surface area contributed by atoms with Crippen LogP contribution >= 0.6 is 12.4 Å². The summed E-state index contributed by atoms with van der Waals surface area (Å²) in [6, 6.07) is 0.546. The number of halogens is 1. The highest BCUT2D eigenvalue weighted by atomic mass is 35.5. The number of amides is 1. The van der Waals surface area contributed by atoms with Crippen LogP contribution in [0.15, 0.2) is 0 Å². The number of hydrogen-bond acceptors (Lipinski definition) is 2. The summed E-state index contributed by atoms with van der Waals surface area (Å²) in [7, 11) is 0. The second-order valence-electron chi connectivity index (χ2n) is 5.96. The molecule has 0 bridgehead atoms. The zero-order chi connectivity index (χ0) is 13.5. The van der Waals surface area contributed by atoms with Gasteiger partial charge in [-0.25, -0.2) is 0 Å². The van der Waals surface area contributed by atoms with Gasteiger partial charge in [0.15, 0.2) is 0 Å². The van der Waals surface area contributed by atoms with Crippen LogP contribution in [0.5, 0.6) is 0 Å². The molecule has 0 aliphatic heterocycles. The smallest absolute Gasteiger partial charge is 0.225 e. The molecule has 0 aromatic rings. The Hall–Kier alpha value is -0.280. The van der Waals surface area contributed by atoms with Gasteiger partial charge in [-0.3, -0.25) is 4.79 Å². The minimum Gasteiger partial charge on any atom is -0.340 e. The molecule has 1 fully saturated rings. The quantitative estimate of drug-likeness (QED) is 0.763. The first kappa shape index (κ1) is 18.7. The number of carbonyl (C=O) groups is 1. The van der Waals surface area contributed by atoms with Crippen molar-refractivity contribution in [2.24, 2.45) is 11.7 Å². The van der Waals surface area contributed by atoms with Gasteiger partial charge < -0.3 is 10.6 Å². The van der Waals surface area contributed by atoms with Crippen LogP contribution in [0, 0.1) is 5.92 Å². The van der Waals surface area contributed by atoms with Gasteiger partial charge in [-0.1, -0.05) is 26.2 Å². The highest BCUT2D eigenvalue weighted by Gasteiger charge is 2.29. The van der Waals surface area contributed by atoms with Crippen LogP contribution in [0.1, 0.15) is 65.7 Å². The molecule has 3 nitrogen and oxygen atoms in total. The van der Waals surface area contributed by atoms with E-state index in [4.69, 9.17) is 5.73 Å². The van der Waals surface area contributed by atoms with Crippen molar-refractivity contribution in [1.29, 1.82) is 0 Å². The van der Waals surface area contributed by atoms with Crippen LogP contribution in [0.2, 0.25) is 0 Å². The number of hydrogen-bond donors (Lipinski definition) is 1. The number of unbranched alkanes of at least 4 members (excludes halogenated alkanes) is 2. The summed E-state index contributed by atoms with van der Waals surface area (Å²) in [5.41, 5.74) is 5.99. The molecule has 1 aliphatic rings. The molecule has 2 N–H and O–H groups in total. The third-order valence-electron chi connectivity index (χ3n) is 3.97. The van der Waals surface area contributed by atoms with Crippen LogP contribution < -0.4 is 5.73 Å². The van der Waals surface area contributed by atoms with E-state index in [-0.39, 0.29) is 24.4 Å². The molecule has 0 radical (unpaired) electrons. The van der Waals surface area contributed by atoms with E-state index in [0.29, 0.717) is 11.9 Å². The maximum atomic E-state index is 12.5. The third-order valence-corrected chi connectivity index (χ3v) is 3.97. The normalized spacial score (nSPS) is 23.0. The number of nitrogens with zero attached hydrogens (tertiary/aromatic N) is 1. The Morgan fingerprint density at radius 2 is 2.00 bits per heavy atom. The lowest BCUT2D eigenvalue weighted by Crippen LogP contribution is -2.44. The lowest BCUT2D eigenvalue weighted by molar-refractivity contribution is -0.138. The molecule has 1 amide bonds. The number of nitrogens with two attached hydrogens (primary N) is 1. The van der Waals surface area contributed by atoms with E-state index in [0.717, 1.165) is 38.6 Å². The fraction of sp³-hybridized carbons (Fsp3) is 0.933. The number of carbonyl (C=O) groups excluding carboxylic acids is 1. The lowest BCUT2D eigenvalue weighted by atomic mass is 9.85. The molecule has 0 saturated heterocycles. The van der Waals surface area contributed by atoms with Crippen molar-refractivity contribution in [3.8, 4) is 0 Å². The Balaban J connectivity index is 0.00000324. The summed E-state index contributed by atoms with van der Waals surface area (Å²) in [6.45, 7) is 7.34. The van der Waals surface area contributed by atoms with E-state index >= 15 is 0 Å². The molecule has 114 valence electrons. The number of rotatable bonds is 6. The van der Waals surface area contributed by atoms with Gasteiger partial charge in [-0.2, -0.15) is 0 Å². The van der Waals surface area contributed by atoms with Crippen molar-refractivity contribution >= 4 is 18.3 Å². The molecule has 19 heavy (non-hydrogen) atoms. The minimum atomic E-state index is 0. The standard InChI is InChI=1S/C15H30N2O.ClH/c1-4-5-6-10-17(12(2)3)15(18)13-8-7-9-14(16)11-13;/h12-14H,4-11,16H2,1-3H3;1H. The average molecular weight is 291 g/mol. The predicted octanol–water partition coefficient (Wildman–Crippen LogP) is 3.35. The molecule has 0 aromatic heterocycles. The molecular weight excluding hydrogens is 260 g/mol. The molecule has 2 unspecified atom stereocenters. The van der Waals surface area contributed by atoms with Gasteiger partial charge in [0, 0.05) is 24.5 Å². The van der Waals surface area contributed by atoms with Gasteiger partial charge in [0.1, 0.15) is 0 Å². The van der Waals surface area contributed by atoms with Crippen LogP contribution in [0.25, 0.3) is 0 Å². The van der Waals surface area contributed by atoms with E-state index in [1.807, 2.05) is 0 Å². The molecule has 0 aromatic carbocycles. The lowest BCUT2D eigenvalue weighted by Gasteiger charge is -2.34. The Bertz CT molecular complexity index is 259. The van der Waals surface area contributed by atoms with E-state index < -0.39 is 0 Å². The van der Waals surface area contributed by atoms with Crippen LogP contribution in [0.4, 0.5) is 0 Å². The fourth-order valence-corrected chi connectivity index (χ4v) is 2.84.